The molecule has 13 heteroatoms. The summed E-state index contributed by atoms with van der Waals surface area (Å²) >= 11 is 2.65. The molecular weight excluding hydrogens is 595 g/mol. The molecule has 0 aliphatic heterocycles. The topological polar surface area (TPSA) is 140 Å². The number of hydrogen-bond acceptors (Lipinski definition) is 10. The average Bonchev–Trinajstić information content (AvgIpc) is 3.60. The highest BCUT2D eigenvalue weighted by Crippen LogP contribution is 2.36. The first-order valence-corrected chi connectivity index (χ1v) is 15.7. The van der Waals surface area contributed by atoms with E-state index in [1.54, 1.807) is 19.1 Å². The molecule has 6 rings (SSSR count). The standard InChI is InChI=1S/C29H21N5O5S3/c1-17-32-33-29(40-17)34-42(37,38)20-14-12-19(13-15-20)30-25(35)16-39-28(36)22-9-5-7-18-6-4-8-21(26(18)22)27-31-23-10-2-3-11-24(23)41-27/h2-15H,16H2,1H3,(H,30,35)(H,33,34). The van der Waals surface area contributed by atoms with E-state index in [1.807, 2.05) is 48.5 Å². The van der Waals surface area contributed by atoms with Crippen molar-refractivity contribution in [3.63, 3.8) is 0 Å². The Balaban J connectivity index is 1.15. The van der Waals surface area contributed by atoms with E-state index in [2.05, 4.69) is 20.2 Å². The van der Waals surface area contributed by atoms with Crippen molar-refractivity contribution >= 4 is 76.4 Å². The number of para-hydroxylation sites is 1. The molecule has 0 radical (unpaired) electrons. The van der Waals surface area contributed by atoms with Crippen molar-refractivity contribution < 1.29 is 22.7 Å². The van der Waals surface area contributed by atoms with Gasteiger partial charge in [-0.2, -0.15) is 0 Å². The van der Waals surface area contributed by atoms with Crippen LogP contribution in [0.2, 0.25) is 0 Å². The molecule has 2 aromatic heterocycles. The zero-order valence-corrected chi connectivity index (χ0v) is 24.3. The second-order valence-electron chi connectivity index (χ2n) is 9.08. The Labute approximate surface area is 248 Å². The number of thiazole rings is 1. The minimum absolute atomic E-state index is 0.0142. The fourth-order valence-electron chi connectivity index (χ4n) is 4.31. The van der Waals surface area contributed by atoms with E-state index in [0.29, 0.717) is 21.6 Å². The van der Waals surface area contributed by atoms with Gasteiger partial charge in [0.25, 0.3) is 15.9 Å². The van der Waals surface area contributed by atoms with Gasteiger partial charge in [0.15, 0.2) is 6.61 Å². The average molecular weight is 616 g/mol. The van der Waals surface area contributed by atoms with Crippen LogP contribution in [0.1, 0.15) is 15.4 Å². The minimum atomic E-state index is -3.87. The van der Waals surface area contributed by atoms with Crippen molar-refractivity contribution in [2.75, 3.05) is 16.6 Å². The molecule has 1 amide bonds. The molecule has 0 saturated carbocycles. The van der Waals surface area contributed by atoms with E-state index >= 15 is 0 Å². The van der Waals surface area contributed by atoms with Crippen LogP contribution in [0.5, 0.6) is 0 Å². The highest BCUT2D eigenvalue weighted by Gasteiger charge is 2.19. The molecule has 10 nitrogen and oxygen atoms in total. The number of aryl methyl sites for hydroxylation is 1. The molecular formula is C29H21N5O5S3. The van der Waals surface area contributed by atoms with Crippen LogP contribution in [0.25, 0.3) is 31.6 Å². The van der Waals surface area contributed by atoms with E-state index in [1.165, 1.54) is 35.6 Å². The second kappa shape index (κ2) is 11.3. The van der Waals surface area contributed by atoms with Crippen LogP contribution in [0.15, 0.2) is 89.8 Å². The van der Waals surface area contributed by atoms with Gasteiger partial charge in [0.05, 0.1) is 20.7 Å². The van der Waals surface area contributed by atoms with Crippen LogP contribution in [0, 0.1) is 6.92 Å². The lowest BCUT2D eigenvalue weighted by molar-refractivity contribution is -0.119. The number of nitrogens with zero attached hydrogens (tertiary/aromatic N) is 3. The highest BCUT2D eigenvalue weighted by atomic mass is 32.2. The number of carbonyl (C=O) groups is 2. The van der Waals surface area contributed by atoms with Gasteiger partial charge in [0.2, 0.25) is 5.13 Å². The van der Waals surface area contributed by atoms with Gasteiger partial charge in [-0.15, -0.1) is 21.5 Å². The van der Waals surface area contributed by atoms with Gasteiger partial charge in [-0.3, -0.25) is 9.52 Å². The third-order valence-electron chi connectivity index (χ3n) is 6.18. The van der Waals surface area contributed by atoms with E-state index < -0.39 is 28.5 Å². The van der Waals surface area contributed by atoms with E-state index in [4.69, 9.17) is 9.72 Å². The number of hydrogen-bond donors (Lipinski definition) is 2. The predicted molar refractivity (Wildman–Crippen MR) is 163 cm³/mol. The Morgan fingerprint density at radius 1 is 0.881 bits per heavy atom. The van der Waals surface area contributed by atoms with Crippen LogP contribution in [-0.4, -0.2) is 42.1 Å². The smallest absolute Gasteiger partial charge is 0.339 e. The van der Waals surface area contributed by atoms with Gasteiger partial charge < -0.3 is 10.1 Å². The normalized spacial score (nSPS) is 11.5. The third-order valence-corrected chi connectivity index (χ3v) is 9.49. The Hall–Kier alpha value is -4.72. The fourth-order valence-corrected chi connectivity index (χ4v) is 7.13. The summed E-state index contributed by atoms with van der Waals surface area (Å²) in [5.41, 5.74) is 2.34. The van der Waals surface area contributed by atoms with Gasteiger partial charge in [-0.1, -0.05) is 53.8 Å². The van der Waals surface area contributed by atoms with E-state index in [9.17, 15) is 18.0 Å². The summed E-state index contributed by atoms with van der Waals surface area (Å²) in [6.07, 6.45) is 0. The molecule has 0 bridgehead atoms. The third kappa shape index (κ3) is 5.70. The van der Waals surface area contributed by atoms with Crippen LogP contribution in [0.3, 0.4) is 0 Å². The Bertz CT molecular complexity index is 2030. The SMILES string of the molecule is Cc1nnc(NS(=O)(=O)c2ccc(NC(=O)COC(=O)c3cccc4cccc(-c5nc6ccccc6s5)c34)cc2)s1. The number of fused-ring (bicyclic) bond motifs is 2. The second-order valence-corrected chi connectivity index (χ2v) is 13.0. The molecule has 42 heavy (non-hydrogen) atoms. The molecule has 2 heterocycles. The molecule has 210 valence electrons. The number of rotatable bonds is 8. The van der Waals surface area contributed by atoms with Crippen LogP contribution in [-0.2, 0) is 19.6 Å². The summed E-state index contributed by atoms with van der Waals surface area (Å²) in [7, 11) is -3.87. The maximum atomic E-state index is 13.2. The lowest BCUT2D eigenvalue weighted by Crippen LogP contribution is -2.21. The maximum Gasteiger partial charge on any atom is 0.339 e. The van der Waals surface area contributed by atoms with Crippen molar-refractivity contribution in [3.05, 3.63) is 95.5 Å². The number of sulfonamides is 1. The number of amides is 1. The molecule has 2 N–H and O–H groups in total. The molecule has 0 spiro atoms. The van der Waals surface area contributed by atoms with E-state index in [-0.39, 0.29) is 10.0 Å². The zero-order chi connectivity index (χ0) is 29.3. The van der Waals surface area contributed by atoms with Crippen molar-refractivity contribution in [2.24, 2.45) is 0 Å². The van der Waals surface area contributed by atoms with Gasteiger partial charge >= 0.3 is 5.97 Å². The summed E-state index contributed by atoms with van der Waals surface area (Å²) < 4.78 is 34.0. The largest absolute Gasteiger partial charge is 0.452 e. The number of anilines is 2. The van der Waals surface area contributed by atoms with Crippen LogP contribution in [0.4, 0.5) is 10.8 Å². The lowest BCUT2D eigenvalue weighted by atomic mass is 9.99. The molecule has 0 saturated heterocycles. The molecule has 4 aromatic carbocycles. The fraction of sp³-hybridized carbons (Fsp3) is 0.0690. The monoisotopic (exact) mass is 615 g/mol. The minimum Gasteiger partial charge on any atom is -0.452 e. The zero-order valence-electron chi connectivity index (χ0n) is 21.9. The quantitative estimate of drug-likeness (QED) is 0.203. The Kier molecular flexibility index (Phi) is 7.37. The first kappa shape index (κ1) is 27.4. The van der Waals surface area contributed by atoms with Gasteiger partial charge in [-0.05, 0) is 54.8 Å². The molecule has 0 aliphatic rings. The first-order chi connectivity index (χ1) is 20.3. The van der Waals surface area contributed by atoms with Crippen molar-refractivity contribution in [1.29, 1.82) is 0 Å². The summed E-state index contributed by atoms with van der Waals surface area (Å²) in [5, 5.41) is 13.3. The summed E-state index contributed by atoms with van der Waals surface area (Å²) in [5.74, 6) is -1.23. The van der Waals surface area contributed by atoms with Gasteiger partial charge in [-0.25, -0.2) is 18.2 Å². The molecule has 6 aromatic rings. The number of carbonyl (C=O) groups excluding carboxylic acids is 2. The summed E-state index contributed by atoms with van der Waals surface area (Å²) in [6.45, 7) is 1.18. The lowest BCUT2D eigenvalue weighted by Gasteiger charge is -2.11. The van der Waals surface area contributed by atoms with Crippen molar-refractivity contribution in [2.45, 2.75) is 11.8 Å². The number of benzene rings is 4. The summed E-state index contributed by atoms with van der Waals surface area (Å²) in [6, 6.07) is 24.5. The Morgan fingerprint density at radius 2 is 1.64 bits per heavy atom. The molecule has 0 aliphatic carbocycles. The predicted octanol–water partition coefficient (Wildman–Crippen LogP) is 5.87. The van der Waals surface area contributed by atoms with E-state index in [0.717, 1.165) is 37.5 Å². The Morgan fingerprint density at radius 3 is 2.38 bits per heavy atom. The molecule has 0 fully saturated rings. The first-order valence-electron chi connectivity index (χ1n) is 12.5. The maximum absolute atomic E-state index is 13.2. The van der Waals surface area contributed by atoms with Crippen LogP contribution < -0.4 is 10.0 Å². The number of ether oxygens (including phenoxy) is 1. The number of esters is 1. The number of aromatic nitrogens is 3. The van der Waals surface area contributed by atoms with Crippen molar-refractivity contribution in [3.8, 4) is 10.6 Å². The summed E-state index contributed by atoms with van der Waals surface area (Å²) in [4.78, 5) is 30.5. The van der Waals surface area contributed by atoms with Crippen molar-refractivity contribution in [1.82, 2.24) is 15.2 Å². The van der Waals surface area contributed by atoms with Gasteiger partial charge in [0, 0.05) is 16.6 Å². The number of nitrogens with one attached hydrogen (secondary N) is 2. The van der Waals surface area contributed by atoms with Gasteiger partial charge in [0.1, 0.15) is 10.0 Å². The molecule has 0 atom stereocenters. The molecule has 0 unspecified atom stereocenters. The van der Waals surface area contributed by atoms with Crippen LogP contribution >= 0.6 is 22.7 Å². The highest BCUT2D eigenvalue weighted by molar-refractivity contribution is 7.93.